The Kier molecular flexibility index (Phi) is 3.93. The first-order chi connectivity index (χ1) is 8.54. The summed E-state index contributed by atoms with van der Waals surface area (Å²) in [6.45, 7) is 4.46. The minimum absolute atomic E-state index is 0.0513. The molecule has 2 N–H and O–H groups in total. The van der Waals surface area contributed by atoms with Crippen molar-refractivity contribution in [1.82, 2.24) is 10.3 Å². The molecule has 18 heavy (non-hydrogen) atoms. The third-order valence-corrected chi connectivity index (χ3v) is 3.71. The molecule has 0 saturated heterocycles. The average Bonchev–Trinajstić information content (AvgIpc) is 2.71. The summed E-state index contributed by atoms with van der Waals surface area (Å²) >= 11 is 1.60. The molecule has 1 aromatic heterocycles. The van der Waals surface area contributed by atoms with Crippen LogP contribution in [-0.2, 0) is 6.54 Å². The Hall–Kier alpha value is -1.46. The summed E-state index contributed by atoms with van der Waals surface area (Å²) in [6.07, 6.45) is 0. The Morgan fingerprint density at radius 1 is 1.44 bits per heavy atom. The summed E-state index contributed by atoms with van der Waals surface area (Å²) in [7, 11) is 0. The van der Waals surface area contributed by atoms with Gasteiger partial charge in [-0.15, -0.1) is 11.3 Å². The third-order valence-electron chi connectivity index (χ3n) is 2.56. The van der Waals surface area contributed by atoms with Crippen molar-refractivity contribution in [1.29, 1.82) is 0 Å². The summed E-state index contributed by atoms with van der Waals surface area (Å²) in [4.78, 5) is 4.39. The van der Waals surface area contributed by atoms with Crippen LogP contribution >= 0.6 is 11.3 Å². The van der Waals surface area contributed by atoms with E-state index in [0.717, 1.165) is 16.8 Å². The summed E-state index contributed by atoms with van der Waals surface area (Å²) in [5, 5.41) is 15.6. The number of hydrogen-bond donors (Lipinski definition) is 2. The van der Waals surface area contributed by atoms with Crippen LogP contribution in [0.25, 0.3) is 0 Å². The van der Waals surface area contributed by atoms with E-state index in [0.29, 0.717) is 12.1 Å². The molecule has 5 heteroatoms. The van der Waals surface area contributed by atoms with Gasteiger partial charge in [-0.2, -0.15) is 0 Å². The molecule has 0 aliphatic heterocycles. The first kappa shape index (κ1) is 13.0. The molecule has 0 aliphatic carbocycles. The standard InChI is InChI=1S/C13H15FN2OS/c1-8-7-18-13(16-8)9(2)15-6-10-3-11(14)5-12(17)4-10/h3-5,7,9,15,17H,6H2,1-2H3. The van der Waals surface area contributed by atoms with E-state index in [2.05, 4.69) is 10.3 Å². The monoisotopic (exact) mass is 266 g/mol. The Labute approximate surface area is 109 Å². The van der Waals surface area contributed by atoms with E-state index in [9.17, 15) is 9.50 Å². The first-order valence-electron chi connectivity index (χ1n) is 5.68. The zero-order valence-electron chi connectivity index (χ0n) is 10.3. The van der Waals surface area contributed by atoms with Gasteiger partial charge in [0.05, 0.1) is 6.04 Å². The van der Waals surface area contributed by atoms with E-state index < -0.39 is 5.82 Å². The van der Waals surface area contributed by atoms with Gasteiger partial charge in [0, 0.05) is 23.7 Å². The van der Waals surface area contributed by atoms with Crippen LogP contribution in [0.2, 0.25) is 0 Å². The lowest BCUT2D eigenvalue weighted by Crippen LogP contribution is -2.18. The second-order valence-electron chi connectivity index (χ2n) is 4.25. The van der Waals surface area contributed by atoms with E-state index in [4.69, 9.17) is 0 Å². The Balaban J connectivity index is 1.99. The number of benzene rings is 1. The molecule has 3 nitrogen and oxygen atoms in total. The van der Waals surface area contributed by atoms with E-state index in [1.54, 1.807) is 17.4 Å². The van der Waals surface area contributed by atoms with Crippen LogP contribution in [0.15, 0.2) is 23.6 Å². The number of aryl methyl sites for hydroxylation is 1. The molecule has 2 rings (SSSR count). The van der Waals surface area contributed by atoms with Crippen LogP contribution in [0.5, 0.6) is 5.75 Å². The SMILES string of the molecule is Cc1csc(C(C)NCc2cc(O)cc(F)c2)n1. The number of phenolic OH excluding ortho intramolecular Hbond substituents is 1. The normalized spacial score (nSPS) is 12.6. The highest BCUT2D eigenvalue weighted by molar-refractivity contribution is 7.09. The van der Waals surface area contributed by atoms with Crippen LogP contribution in [-0.4, -0.2) is 10.1 Å². The number of nitrogens with one attached hydrogen (secondary N) is 1. The highest BCUT2D eigenvalue weighted by Gasteiger charge is 2.09. The van der Waals surface area contributed by atoms with Crippen molar-refractivity contribution in [2.45, 2.75) is 26.4 Å². The summed E-state index contributed by atoms with van der Waals surface area (Å²) in [5.74, 6) is -0.478. The van der Waals surface area contributed by atoms with Crippen LogP contribution in [0.3, 0.4) is 0 Å². The van der Waals surface area contributed by atoms with Crippen molar-refractivity contribution in [3.05, 3.63) is 45.7 Å². The zero-order chi connectivity index (χ0) is 13.1. The Morgan fingerprint density at radius 3 is 2.83 bits per heavy atom. The van der Waals surface area contributed by atoms with Gasteiger partial charge >= 0.3 is 0 Å². The zero-order valence-corrected chi connectivity index (χ0v) is 11.1. The maximum absolute atomic E-state index is 13.1. The van der Waals surface area contributed by atoms with Crippen LogP contribution in [0, 0.1) is 12.7 Å². The Bertz CT molecular complexity index is 521. The predicted octanol–water partition coefficient (Wildman–Crippen LogP) is 3.15. The molecule has 1 unspecified atom stereocenters. The molecule has 96 valence electrons. The second-order valence-corrected chi connectivity index (χ2v) is 5.14. The molecule has 0 spiro atoms. The van der Waals surface area contributed by atoms with Crippen LogP contribution in [0.1, 0.15) is 29.2 Å². The van der Waals surface area contributed by atoms with Crippen molar-refractivity contribution in [2.24, 2.45) is 0 Å². The lowest BCUT2D eigenvalue weighted by Gasteiger charge is -2.11. The quantitative estimate of drug-likeness (QED) is 0.893. The van der Waals surface area contributed by atoms with E-state index in [1.807, 2.05) is 19.2 Å². The lowest BCUT2D eigenvalue weighted by atomic mass is 10.2. The van der Waals surface area contributed by atoms with Crippen LogP contribution < -0.4 is 5.32 Å². The highest BCUT2D eigenvalue weighted by Crippen LogP contribution is 2.19. The maximum atomic E-state index is 13.1. The molecule has 0 amide bonds. The fourth-order valence-electron chi connectivity index (χ4n) is 1.66. The van der Waals surface area contributed by atoms with Gasteiger partial charge in [-0.25, -0.2) is 9.37 Å². The molecule has 2 aromatic rings. The average molecular weight is 266 g/mol. The largest absolute Gasteiger partial charge is 0.508 e. The van der Waals surface area contributed by atoms with Crippen molar-refractivity contribution < 1.29 is 9.50 Å². The fourth-order valence-corrected chi connectivity index (χ4v) is 2.49. The second kappa shape index (κ2) is 5.46. The third kappa shape index (κ3) is 3.27. The number of thiazole rings is 1. The first-order valence-corrected chi connectivity index (χ1v) is 6.56. The molecular formula is C13H15FN2OS. The van der Waals surface area contributed by atoms with E-state index >= 15 is 0 Å². The number of nitrogens with zero attached hydrogens (tertiary/aromatic N) is 1. The van der Waals surface area contributed by atoms with Crippen LogP contribution in [0.4, 0.5) is 4.39 Å². The van der Waals surface area contributed by atoms with Gasteiger partial charge < -0.3 is 10.4 Å². The highest BCUT2D eigenvalue weighted by atomic mass is 32.1. The summed E-state index contributed by atoms with van der Waals surface area (Å²) < 4.78 is 13.1. The number of phenols is 1. The van der Waals surface area contributed by atoms with Crippen molar-refractivity contribution in [3.63, 3.8) is 0 Å². The van der Waals surface area contributed by atoms with Gasteiger partial charge in [0.1, 0.15) is 16.6 Å². The van der Waals surface area contributed by atoms with Gasteiger partial charge in [-0.05, 0) is 31.5 Å². The number of rotatable bonds is 4. The van der Waals surface area contributed by atoms with Gasteiger partial charge in [-0.1, -0.05) is 0 Å². The fraction of sp³-hybridized carbons (Fsp3) is 0.308. The number of aromatic hydroxyl groups is 1. The molecular weight excluding hydrogens is 251 g/mol. The predicted molar refractivity (Wildman–Crippen MR) is 70.2 cm³/mol. The van der Waals surface area contributed by atoms with Crippen molar-refractivity contribution in [2.75, 3.05) is 0 Å². The molecule has 0 bridgehead atoms. The minimum atomic E-state index is -0.426. The maximum Gasteiger partial charge on any atom is 0.127 e. The molecule has 0 fully saturated rings. The van der Waals surface area contributed by atoms with Gasteiger partial charge in [0.25, 0.3) is 0 Å². The van der Waals surface area contributed by atoms with E-state index in [-0.39, 0.29) is 11.8 Å². The van der Waals surface area contributed by atoms with Gasteiger partial charge in [0.2, 0.25) is 0 Å². The molecule has 1 heterocycles. The lowest BCUT2D eigenvalue weighted by molar-refractivity contribution is 0.466. The van der Waals surface area contributed by atoms with Gasteiger partial charge in [0.15, 0.2) is 0 Å². The summed E-state index contributed by atoms with van der Waals surface area (Å²) in [6, 6.07) is 4.16. The topological polar surface area (TPSA) is 45.1 Å². The summed E-state index contributed by atoms with van der Waals surface area (Å²) in [5.41, 5.74) is 1.72. The number of hydrogen-bond acceptors (Lipinski definition) is 4. The Morgan fingerprint density at radius 2 is 2.22 bits per heavy atom. The van der Waals surface area contributed by atoms with E-state index in [1.165, 1.54) is 6.07 Å². The van der Waals surface area contributed by atoms with Gasteiger partial charge in [-0.3, -0.25) is 0 Å². The van der Waals surface area contributed by atoms with Crippen molar-refractivity contribution in [3.8, 4) is 5.75 Å². The smallest absolute Gasteiger partial charge is 0.127 e. The molecule has 1 aromatic carbocycles. The number of aromatic nitrogens is 1. The molecule has 0 aliphatic rings. The number of halogens is 1. The molecule has 1 atom stereocenters. The molecule has 0 saturated carbocycles. The van der Waals surface area contributed by atoms with Crippen molar-refractivity contribution >= 4 is 11.3 Å². The molecule has 0 radical (unpaired) electrons. The minimum Gasteiger partial charge on any atom is -0.508 e.